The van der Waals surface area contributed by atoms with Crippen molar-refractivity contribution in [3.05, 3.63) is 24.5 Å². The molecule has 0 N–H and O–H groups in total. The number of ether oxygens (including phenoxy) is 1. The molecule has 0 saturated heterocycles. The Balaban J connectivity index is 2.26. The molecule has 0 amide bonds. The molecule has 0 aliphatic carbocycles. The summed E-state index contributed by atoms with van der Waals surface area (Å²) in [4.78, 5) is 5.70. The van der Waals surface area contributed by atoms with Crippen LogP contribution in [0.4, 0.5) is 5.69 Å². The Morgan fingerprint density at radius 3 is 2.71 bits per heavy atom. The van der Waals surface area contributed by atoms with Gasteiger partial charge in [-0.15, -0.1) is 8.80 Å². The molecule has 1 aliphatic rings. The van der Waals surface area contributed by atoms with Gasteiger partial charge in [0.05, 0.1) is 6.61 Å². The summed E-state index contributed by atoms with van der Waals surface area (Å²) in [6.45, 7) is 2.30. The van der Waals surface area contributed by atoms with Crippen LogP contribution in [-0.4, -0.2) is 34.6 Å². The first-order valence-electron chi connectivity index (χ1n) is 5.08. The number of likely N-dealkylation sites (N-methyl/N-ethyl adjacent to an activating group) is 1. The van der Waals surface area contributed by atoms with Gasteiger partial charge in [0.2, 0.25) is 5.84 Å². The number of rotatable bonds is 2. The molecule has 2 heterocycles. The first-order chi connectivity index (χ1) is 8.22. The van der Waals surface area contributed by atoms with Gasteiger partial charge in [-0.25, -0.2) is 4.21 Å². The molecule has 0 fully saturated rings. The van der Waals surface area contributed by atoms with Crippen LogP contribution in [0.2, 0.25) is 0 Å². The lowest BCUT2D eigenvalue weighted by Gasteiger charge is -2.18. The second-order valence-electron chi connectivity index (χ2n) is 3.24. The van der Waals surface area contributed by atoms with Crippen molar-refractivity contribution in [1.29, 1.82) is 0 Å². The minimum Gasteiger partial charge on any atom is -0.475 e. The van der Waals surface area contributed by atoms with E-state index >= 15 is 0 Å². The van der Waals surface area contributed by atoms with Gasteiger partial charge in [-0.05, 0) is 19.1 Å². The Morgan fingerprint density at radius 2 is 2.06 bits per heavy atom. The van der Waals surface area contributed by atoms with Crippen molar-refractivity contribution in [3.8, 4) is 0 Å². The third-order valence-electron chi connectivity index (χ3n) is 2.17. The summed E-state index contributed by atoms with van der Waals surface area (Å²) in [5.41, 5.74) is 0.880. The molecule has 0 saturated carbocycles. The highest BCUT2D eigenvalue weighted by atomic mass is 32.2. The molecule has 0 spiro atoms. The lowest BCUT2D eigenvalue weighted by molar-refractivity contribution is 0.335. The van der Waals surface area contributed by atoms with Crippen molar-refractivity contribution in [3.63, 3.8) is 0 Å². The molecular formula is C10H12N4O2S. The van der Waals surface area contributed by atoms with Crippen molar-refractivity contribution in [1.82, 2.24) is 4.98 Å². The lowest BCUT2D eigenvalue weighted by atomic mass is 10.3. The van der Waals surface area contributed by atoms with Gasteiger partial charge >= 0.3 is 0 Å². The standard InChI is InChI=1S/C10H12N4O2S/c1-3-16-10-9(12-17(15)13-10)14(2)8-4-6-11-7-5-8/h4-7H,3H2,1-2H3. The molecule has 1 atom stereocenters. The molecule has 17 heavy (non-hydrogen) atoms. The second-order valence-corrected chi connectivity index (χ2v) is 4.07. The molecular weight excluding hydrogens is 240 g/mol. The zero-order chi connectivity index (χ0) is 12.3. The van der Waals surface area contributed by atoms with Crippen LogP contribution in [0.3, 0.4) is 0 Å². The Morgan fingerprint density at radius 1 is 1.35 bits per heavy atom. The Bertz CT molecular complexity index is 486. The van der Waals surface area contributed by atoms with Gasteiger partial charge < -0.3 is 9.64 Å². The first-order valence-corrected chi connectivity index (χ1v) is 6.15. The molecule has 7 heteroatoms. The summed E-state index contributed by atoms with van der Waals surface area (Å²) in [7, 11) is 1.81. The number of anilines is 1. The number of hydrogen-bond acceptors (Lipinski definition) is 4. The third-order valence-corrected chi connectivity index (χ3v) is 2.82. The highest BCUT2D eigenvalue weighted by Crippen LogP contribution is 2.15. The van der Waals surface area contributed by atoms with Crippen molar-refractivity contribution in [2.24, 2.45) is 8.80 Å². The summed E-state index contributed by atoms with van der Waals surface area (Å²) >= 11 is -1.59. The van der Waals surface area contributed by atoms with Crippen LogP contribution in [0.25, 0.3) is 0 Å². The van der Waals surface area contributed by atoms with Gasteiger partial charge in [0.15, 0.2) is 0 Å². The van der Waals surface area contributed by atoms with Crippen LogP contribution in [-0.2, 0) is 15.9 Å². The molecule has 1 aromatic rings. The van der Waals surface area contributed by atoms with E-state index in [2.05, 4.69) is 13.8 Å². The van der Waals surface area contributed by atoms with Gasteiger partial charge in [-0.1, -0.05) is 0 Å². The van der Waals surface area contributed by atoms with Gasteiger partial charge in [-0.3, -0.25) is 4.98 Å². The molecule has 90 valence electrons. The van der Waals surface area contributed by atoms with Crippen LogP contribution in [0.15, 0.2) is 33.3 Å². The minimum absolute atomic E-state index is 0.310. The summed E-state index contributed by atoms with van der Waals surface area (Å²) in [5.74, 6) is 0.779. The number of aromatic nitrogens is 1. The van der Waals surface area contributed by atoms with Crippen molar-refractivity contribution >= 4 is 28.6 Å². The average Bonchev–Trinajstić information content (AvgIpc) is 2.71. The predicted octanol–water partition coefficient (Wildman–Crippen LogP) is 0.944. The maximum absolute atomic E-state index is 11.3. The van der Waals surface area contributed by atoms with E-state index in [4.69, 9.17) is 4.74 Å². The monoisotopic (exact) mass is 252 g/mol. The number of nitrogens with zero attached hydrogens (tertiary/aromatic N) is 4. The van der Waals surface area contributed by atoms with Crippen molar-refractivity contribution < 1.29 is 8.95 Å². The van der Waals surface area contributed by atoms with E-state index in [9.17, 15) is 4.21 Å². The SMILES string of the molecule is CCOC1=NS(=O)N=C1N(C)c1ccncc1. The molecule has 0 radical (unpaired) electrons. The van der Waals surface area contributed by atoms with E-state index in [1.54, 1.807) is 17.3 Å². The van der Waals surface area contributed by atoms with Crippen molar-refractivity contribution in [2.75, 3.05) is 18.6 Å². The van der Waals surface area contributed by atoms with E-state index < -0.39 is 11.2 Å². The van der Waals surface area contributed by atoms with Gasteiger partial charge in [0.1, 0.15) is 0 Å². The average molecular weight is 252 g/mol. The van der Waals surface area contributed by atoms with Crippen LogP contribution in [0.5, 0.6) is 0 Å². The Labute approximate surface area is 102 Å². The topological polar surface area (TPSA) is 67.2 Å². The fraction of sp³-hybridized carbons (Fsp3) is 0.300. The highest BCUT2D eigenvalue weighted by Gasteiger charge is 2.24. The number of hydrogen-bond donors (Lipinski definition) is 0. The van der Waals surface area contributed by atoms with E-state index in [1.807, 2.05) is 26.1 Å². The maximum Gasteiger partial charge on any atom is 0.271 e. The summed E-state index contributed by atoms with van der Waals surface area (Å²) in [6, 6.07) is 3.65. The van der Waals surface area contributed by atoms with Gasteiger partial charge in [-0.2, -0.15) is 0 Å². The fourth-order valence-electron chi connectivity index (χ4n) is 1.37. The summed E-state index contributed by atoms with van der Waals surface area (Å²) in [5, 5.41) is 0. The summed E-state index contributed by atoms with van der Waals surface area (Å²) < 4.78 is 24.3. The quantitative estimate of drug-likeness (QED) is 0.785. The van der Waals surface area contributed by atoms with Gasteiger partial charge in [0, 0.05) is 25.1 Å². The number of pyridine rings is 1. The lowest BCUT2D eigenvalue weighted by Crippen LogP contribution is -2.33. The third kappa shape index (κ3) is 2.50. The molecule has 6 nitrogen and oxygen atoms in total. The van der Waals surface area contributed by atoms with Crippen LogP contribution in [0, 0.1) is 0 Å². The second kappa shape index (κ2) is 5.05. The zero-order valence-electron chi connectivity index (χ0n) is 9.53. The molecule has 1 aromatic heterocycles. The molecule has 0 bridgehead atoms. The van der Waals surface area contributed by atoms with Crippen LogP contribution < -0.4 is 4.90 Å². The van der Waals surface area contributed by atoms with Crippen LogP contribution in [0.1, 0.15) is 6.92 Å². The molecule has 0 aromatic carbocycles. The van der Waals surface area contributed by atoms with E-state index in [1.165, 1.54) is 0 Å². The first kappa shape index (κ1) is 11.7. The maximum atomic E-state index is 11.3. The Hall–Kier alpha value is -1.76. The van der Waals surface area contributed by atoms with Crippen LogP contribution >= 0.6 is 0 Å². The van der Waals surface area contributed by atoms with E-state index in [-0.39, 0.29) is 0 Å². The summed E-state index contributed by atoms with van der Waals surface area (Å²) in [6.07, 6.45) is 3.35. The molecule has 2 rings (SSSR count). The fourth-order valence-corrected chi connectivity index (χ4v) is 2.03. The van der Waals surface area contributed by atoms with E-state index in [0.717, 1.165) is 5.69 Å². The zero-order valence-corrected chi connectivity index (χ0v) is 10.3. The normalized spacial score (nSPS) is 18.6. The molecule has 1 aliphatic heterocycles. The smallest absolute Gasteiger partial charge is 0.271 e. The highest BCUT2D eigenvalue weighted by molar-refractivity contribution is 7.83. The van der Waals surface area contributed by atoms with Crippen molar-refractivity contribution in [2.45, 2.75) is 6.92 Å². The predicted molar refractivity (Wildman–Crippen MR) is 67.3 cm³/mol. The number of amidine groups is 1. The van der Waals surface area contributed by atoms with Gasteiger partial charge in [0.25, 0.3) is 17.1 Å². The largest absolute Gasteiger partial charge is 0.475 e. The Kier molecular flexibility index (Phi) is 3.48. The van der Waals surface area contributed by atoms with E-state index in [0.29, 0.717) is 18.3 Å². The molecule has 1 unspecified atom stereocenters. The minimum atomic E-state index is -1.59.